The molecule has 19 heavy (non-hydrogen) atoms. The molecule has 0 aliphatic carbocycles. The molecule has 2 rings (SSSR count). The van der Waals surface area contributed by atoms with Crippen LogP contribution in [0.15, 0.2) is 12.1 Å². The molecule has 0 bridgehead atoms. The van der Waals surface area contributed by atoms with Gasteiger partial charge in [0.1, 0.15) is 5.02 Å². The van der Waals surface area contributed by atoms with Crippen LogP contribution in [0.4, 0.5) is 11.4 Å². The summed E-state index contributed by atoms with van der Waals surface area (Å²) in [6.07, 6.45) is 2.09. The van der Waals surface area contributed by atoms with Crippen molar-refractivity contribution in [1.29, 1.82) is 0 Å². The molecule has 1 aromatic rings. The van der Waals surface area contributed by atoms with Gasteiger partial charge in [-0.2, -0.15) is 0 Å². The molecule has 1 saturated heterocycles. The van der Waals surface area contributed by atoms with Gasteiger partial charge in [0.2, 0.25) is 0 Å². The summed E-state index contributed by atoms with van der Waals surface area (Å²) in [5.41, 5.74) is 1.63. The summed E-state index contributed by atoms with van der Waals surface area (Å²) in [5.74, 6) is 0. The van der Waals surface area contributed by atoms with Crippen LogP contribution in [0.2, 0.25) is 5.02 Å². The first-order chi connectivity index (χ1) is 8.97. The zero-order valence-electron chi connectivity index (χ0n) is 11.0. The Labute approximate surface area is 117 Å². The number of nitro groups is 1. The average molecular weight is 285 g/mol. The second-order valence-corrected chi connectivity index (χ2v) is 5.33. The van der Waals surface area contributed by atoms with E-state index in [1.165, 1.54) is 6.07 Å². The second-order valence-electron chi connectivity index (χ2n) is 4.92. The minimum atomic E-state index is -0.463. The summed E-state index contributed by atoms with van der Waals surface area (Å²) in [5, 5.41) is 14.4. The van der Waals surface area contributed by atoms with Gasteiger partial charge in [-0.1, -0.05) is 11.6 Å². The largest absolute Gasteiger partial charge is 0.382 e. The van der Waals surface area contributed by atoms with E-state index in [0.717, 1.165) is 30.7 Å². The van der Waals surface area contributed by atoms with Crippen LogP contribution in [0.25, 0.3) is 0 Å². The van der Waals surface area contributed by atoms with Gasteiger partial charge in [-0.25, -0.2) is 0 Å². The van der Waals surface area contributed by atoms with Crippen LogP contribution < -0.4 is 5.32 Å². The number of ether oxygens (including phenoxy) is 1. The third-order valence-corrected chi connectivity index (χ3v) is 3.64. The Morgan fingerprint density at radius 3 is 2.89 bits per heavy atom. The van der Waals surface area contributed by atoms with Gasteiger partial charge in [-0.05, 0) is 38.3 Å². The van der Waals surface area contributed by atoms with Crippen LogP contribution in [0.5, 0.6) is 0 Å². The van der Waals surface area contributed by atoms with Gasteiger partial charge in [0.25, 0.3) is 5.69 Å². The standard InChI is InChI=1S/C13H17ClN2O3/c1-8-5-13(16(17)18)11(14)7-12(8)15-10-3-4-19-9(2)6-10/h5,7,9-10,15H,3-4,6H2,1-2H3. The zero-order chi connectivity index (χ0) is 14.0. The van der Waals surface area contributed by atoms with Crippen LogP contribution in [0.3, 0.4) is 0 Å². The van der Waals surface area contributed by atoms with Crippen LogP contribution in [-0.4, -0.2) is 23.7 Å². The van der Waals surface area contributed by atoms with Crippen molar-refractivity contribution in [3.05, 3.63) is 32.8 Å². The molecule has 0 radical (unpaired) electrons. The molecule has 0 spiro atoms. The second kappa shape index (κ2) is 5.75. The molecule has 1 aliphatic heterocycles. The molecule has 6 heteroatoms. The normalized spacial score (nSPS) is 23.1. The molecule has 2 unspecified atom stereocenters. The molecule has 1 heterocycles. The summed E-state index contributed by atoms with van der Waals surface area (Å²) in [6.45, 7) is 4.62. The quantitative estimate of drug-likeness (QED) is 0.681. The van der Waals surface area contributed by atoms with Crippen molar-refractivity contribution in [3.63, 3.8) is 0 Å². The monoisotopic (exact) mass is 284 g/mol. The highest BCUT2D eigenvalue weighted by atomic mass is 35.5. The lowest BCUT2D eigenvalue weighted by Gasteiger charge is -2.29. The van der Waals surface area contributed by atoms with Gasteiger partial charge in [-0.15, -0.1) is 0 Å². The molecule has 1 aromatic carbocycles. The Balaban J connectivity index is 2.16. The van der Waals surface area contributed by atoms with E-state index in [1.54, 1.807) is 6.07 Å². The molecule has 0 amide bonds. The molecule has 2 atom stereocenters. The van der Waals surface area contributed by atoms with E-state index < -0.39 is 4.92 Å². The fourth-order valence-electron chi connectivity index (χ4n) is 2.31. The maximum absolute atomic E-state index is 10.8. The van der Waals surface area contributed by atoms with Crippen molar-refractivity contribution in [2.45, 2.75) is 38.8 Å². The van der Waals surface area contributed by atoms with Gasteiger partial charge < -0.3 is 10.1 Å². The van der Waals surface area contributed by atoms with Crippen LogP contribution in [0.1, 0.15) is 25.3 Å². The van der Waals surface area contributed by atoms with E-state index in [-0.39, 0.29) is 16.8 Å². The van der Waals surface area contributed by atoms with Crippen LogP contribution in [0, 0.1) is 17.0 Å². The third kappa shape index (κ3) is 3.36. The lowest BCUT2D eigenvalue weighted by atomic mass is 10.0. The predicted octanol–water partition coefficient (Wildman–Crippen LogP) is 3.54. The number of halogens is 1. The van der Waals surface area contributed by atoms with E-state index in [1.807, 2.05) is 13.8 Å². The Morgan fingerprint density at radius 1 is 1.53 bits per heavy atom. The maximum atomic E-state index is 10.8. The number of hydrogen-bond donors (Lipinski definition) is 1. The maximum Gasteiger partial charge on any atom is 0.288 e. The molecule has 0 saturated carbocycles. The highest BCUT2D eigenvalue weighted by molar-refractivity contribution is 6.33. The third-order valence-electron chi connectivity index (χ3n) is 3.34. The van der Waals surface area contributed by atoms with Gasteiger partial charge in [0.05, 0.1) is 11.0 Å². The number of anilines is 1. The minimum Gasteiger partial charge on any atom is -0.382 e. The highest BCUT2D eigenvalue weighted by Crippen LogP contribution is 2.31. The van der Waals surface area contributed by atoms with E-state index in [0.29, 0.717) is 6.04 Å². The molecule has 1 aliphatic rings. The van der Waals surface area contributed by atoms with Crippen LogP contribution >= 0.6 is 11.6 Å². The first kappa shape index (κ1) is 14.1. The van der Waals surface area contributed by atoms with Crippen molar-refractivity contribution in [2.24, 2.45) is 0 Å². The number of nitrogens with one attached hydrogen (secondary N) is 1. The van der Waals surface area contributed by atoms with E-state index >= 15 is 0 Å². The van der Waals surface area contributed by atoms with Crippen LogP contribution in [-0.2, 0) is 4.74 Å². The molecular weight excluding hydrogens is 268 g/mol. The molecule has 1 N–H and O–H groups in total. The summed E-state index contributed by atoms with van der Waals surface area (Å²) in [7, 11) is 0. The number of nitrogens with zero attached hydrogens (tertiary/aromatic N) is 1. The van der Waals surface area contributed by atoms with Crippen molar-refractivity contribution in [1.82, 2.24) is 0 Å². The van der Waals surface area contributed by atoms with Crippen molar-refractivity contribution < 1.29 is 9.66 Å². The van der Waals surface area contributed by atoms with Gasteiger partial charge in [-0.3, -0.25) is 10.1 Å². The molecule has 0 aromatic heterocycles. The number of hydrogen-bond acceptors (Lipinski definition) is 4. The number of benzene rings is 1. The Kier molecular flexibility index (Phi) is 4.27. The molecule has 1 fully saturated rings. The summed E-state index contributed by atoms with van der Waals surface area (Å²) >= 11 is 5.94. The van der Waals surface area contributed by atoms with Crippen molar-refractivity contribution in [2.75, 3.05) is 11.9 Å². The summed E-state index contributed by atoms with van der Waals surface area (Å²) in [4.78, 5) is 10.3. The Morgan fingerprint density at radius 2 is 2.26 bits per heavy atom. The first-order valence-electron chi connectivity index (χ1n) is 6.30. The van der Waals surface area contributed by atoms with E-state index in [9.17, 15) is 10.1 Å². The smallest absolute Gasteiger partial charge is 0.288 e. The van der Waals surface area contributed by atoms with Gasteiger partial charge in [0.15, 0.2) is 0 Å². The van der Waals surface area contributed by atoms with E-state index in [4.69, 9.17) is 16.3 Å². The number of rotatable bonds is 3. The number of aryl methyl sites for hydroxylation is 1. The predicted molar refractivity (Wildman–Crippen MR) is 74.9 cm³/mol. The summed E-state index contributed by atoms with van der Waals surface area (Å²) in [6, 6.07) is 3.46. The zero-order valence-corrected chi connectivity index (χ0v) is 11.7. The Hall–Kier alpha value is -1.33. The minimum absolute atomic E-state index is 0.0509. The lowest BCUT2D eigenvalue weighted by molar-refractivity contribution is -0.384. The van der Waals surface area contributed by atoms with Crippen molar-refractivity contribution >= 4 is 23.0 Å². The highest BCUT2D eigenvalue weighted by Gasteiger charge is 2.21. The van der Waals surface area contributed by atoms with Crippen molar-refractivity contribution in [3.8, 4) is 0 Å². The fraction of sp³-hybridized carbons (Fsp3) is 0.538. The summed E-state index contributed by atoms with van der Waals surface area (Å²) < 4.78 is 5.49. The molecule has 104 valence electrons. The van der Waals surface area contributed by atoms with E-state index in [2.05, 4.69) is 5.32 Å². The fourth-order valence-corrected chi connectivity index (χ4v) is 2.54. The first-order valence-corrected chi connectivity index (χ1v) is 6.68. The SMILES string of the molecule is Cc1cc([N+](=O)[O-])c(Cl)cc1NC1CCOC(C)C1. The van der Waals surface area contributed by atoms with Gasteiger partial charge in [0, 0.05) is 24.4 Å². The molecule has 5 nitrogen and oxygen atoms in total. The lowest BCUT2D eigenvalue weighted by Crippen LogP contribution is -2.32. The topological polar surface area (TPSA) is 64.4 Å². The molecular formula is C13H17ClN2O3. The number of nitro benzene ring substituents is 1. The van der Waals surface area contributed by atoms with Gasteiger partial charge >= 0.3 is 0 Å². The average Bonchev–Trinajstić information content (AvgIpc) is 2.33. The Bertz CT molecular complexity index is 493.